The van der Waals surface area contributed by atoms with E-state index in [1.807, 2.05) is 30.3 Å². The number of nitrogens with one attached hydrogen (secondary N) is 1. The molecule has 2 N–H and O–H groups in total. The third-order valence-corrected chi connectivity index (χ3v) is 8.61. The number of unbranched alkanes of at least 4 members (excludes halogenated alkanes) is 17. The highest BCUT2D eigenvalue weighted by atomic mass is 16.4. The maximum atomic E-state index is 13.4. The van der Waals surface area contributed by atoms with Crippen LogP contribution < -0.4 is 5.32 Å². The van der Waals surface area contributed by atoms with E-state index in [9.17, 15) is 14.4 Å². The van der Waals surface area contributed by atoms with E-state index in [0.29, 0.717) is 17.7 Å². The number of hydrogen-bond donors (Lipinski definition) is 2. The summed E-state index contributed by atoms with van der Waals surface area (Å²) < 4.78 is 0. The minimum atomic E-state index is -0.720. The molecule has 232 valence electrons. The van der Waals surface area contributed by atoms with Crippen molar-refractivity contribution < 1.29 is 19.5 Å². The van der Waals surface area contributed by atoms with Gasteiger partial charge in [-0.1, -0.05) is 122 Å². The summed E-state index contributed by atoms with van der Waals surface area (Å²) in [6, 6.07) is 9.69. The Bertz CT molecular complexity index is 1110. The molecule has 1 aliphatic heterocycles. The van der Waals surface area contributed by atoms with Crippen molar-refractivity contribution in [2.75, 3.05) is 18.4 Å². The number of carbonyl (C=O) groups is 3. The number of carboxylic acids is 1. The molecule has 0 saturated heterocycles. The van der Waals surface area contributed by atoms with Crippen LogP contribution in [0, 0.1) is 0 Å². The normalized spacial score (nSPS) is 12.8. The first-order chi connectivity index (χ1) is 20.5. The van der Waals surface area contributed by atoms with Gasteiger partial charge in [0.1, 0.15) is 0 Å². The number of aliphatic carboxylic acids is 1. The van der Waals surface area contributed by atoms with E-state index in [1.54, 1.807) is 0 Å². The maximum Gasteiger partial charge on any atom is 0.303 e. The number of benzene rings is 2. The van der Waals surface area contributed by atoms with Crippen LogP contribution >= 0.6 is 0 Å². The number of carbonyl (C=O) groups excluding carboxylic acids is 2. The number of nitrogens with zero attached hydrogens (tertiary/aromatic N) is 1. The SMILES string of the molecule is CCCCCCCCCCCCCNc1ccc2c3c(cccc13)C(=O)N(CCCCCCCCCCC(=O)O)C2=O. The predicted molar refractivity (Wildman–Crippen MR) is 173 cm³/mol. The van der Waals surface area contributed by atoms with E-state index in [-0.39, 0.29) is 18.2 Å². The summed E-state index contributed by atoms with van der Waals surface area (Å²) in [5.41, 5.74) is 2.25. The van der Waals surface area contributed by atoms with Gasteiger partial charge in [-0.05, 0) is 37.5 Å². The van der Waals surface area contributed by atoms with Crippen LogP contribution in [0.4, 0.5) is 5.69 Å². The van der Waals surface area contributed by atoms with E-state index in [2.05, 4.69) is 12.2 Å². The fourth-order valence-corrected chi connectivity index (χ4v) is 6.12. The zero-order valence-electron chi connectivity index (χ0n) is 26.1. The Hall–Kier alpha value is -2.89. The summed E-state index contributed by atoms with van der Waals surface area (Å²) in [6.07, 6.45) is 22.6. The Morgan fingerprint density at radius 1 is 0.667 bits per heavy atom. The average Bonchev–Trinajstić information content (AvgIpc) is 2.99. The van der Waals surface area contributed by atoms with Crippen LogP contribution in [0.3, 0.4) is 0 Å². The van der Waals surface area contributed by atoms with Crippen LogP contribution in [-0.4, -0.2) is 40.9 Å². The number of rotatable bonds is 24. The molecular formula is C36H54N2O4. The summed E-state index contributed by atoms with van der Waals surface area (Å²) in [5.74, 6) is -1.08. The fourth-order valence-electron chi connectivity index (χ4n) is 6.12. The van der Waals surface area contributed by atoms with Gasteiger partial charge < -0.3 is 10.4 Å². The molecule has 42 heavy (non-hydrogen) atoms. The average molecular weight is 579 g/mol. The molecule has 6 heteroatoms. The van der Waals surface area contributed by atoms with Crippen LogP contribution in [-0.2, 0) is 4.79 Å². The lowest BCUT2D eigenvalue weighted by molar-refractivity contribution is -0.137. The summed E-state index contributed by atoms with van der Waals surface area (Å²) in [4.78, 5) is 38.7. The highest BCUT2D eigenvalue weighted by Gasteiger charge is 2.32. The van der Waals surface area contributed by atoms with Gasteiger partial charge in [-0.25, -0.2) is 0 Å². The molecule has 0 fully saturated rings. The molecule has 2 aromatic carbocycles. The number of hydrogen-bond acceptors (Lipinski definition) is 4. The van der Waals surface area contributed by atoms with Gasteiger partial charge in [0, 0.05) is 47.1 Å². The molecule has 0 radical (unpaired) electrons. The van der Waals surface area contributed by atoms with Crippen LogP contribution in [0.15, 0.2) is 30.3 Å². The first-order valence-corrected chi connectivity index (χ1v) is 16.9. The third kappa shape index (κ3) is 10.7. The monoisotopic (exact) mass is 578 g/mol. The van der Waals surface area contributed by atoms with Crippen LogP contribution in [0.2, 0.25) is 0 Å². The molecule has 0 spiro atoms. The molecule has 0 atom stereocenters. The molecule has 0 aliphatic carbocycles. The first-order valence-electron chi connectivity index (χ1n) is 16.9. The summed E-state index contributed by atoms with van der Waals surface area (Å²) in [6.45, 7) is 3.61. The second kappa shape index (κ2) is 19.3. The molecule has 1 heterocycles. The van der Waals surface area contributed by atoms with Crippen molar-refractivity contribution in [2.24, 2.45) is 0 Å². The Morgan fingerprint density at radius 2 is 1.19 bits per heavy atom. The van der Waals surface area contributed by atoms with Crippen LogP contribution in [0.5, 0.6) is 0 Å². The zero-order chi connectivity index (χ0) is 30.0. The molecule has 0 aromatic heterocycles. The van der Waals surface area contributed by atoms with Crippen LogP contribution in [0.1, 0.15) is 156 Å². The summed E-state index contributed by atoms with van der Waals surface area (Å²) in [5, 5.41) is 14.0. The third-order valence-electron chi connectivity index (χ3n) is 8.61. The maximum absolute atomic E-state index is 13.4. The summed E-state index contributed by atoms with van der Waals surface area (Å²) >= 11 is 0. The number of amides is 2. The number of anilines is 1. The lowest BCUT2D eigenvalue weighted by atomic mass is 9.92. The topological polar surface area (TPSA) is 86.7 Å². The van der Waals surface area contributed by atoms with Gasteiger partial charge in [0.05, 0.1) is 0 Å². The van der Waals surface area contributed by atoms with Crippen molar-refractivity contribution in [1.82, 2.24) is 4.90 Å². The van der Waals surface area contributed by atoms with Crippen molar-refractivity contribution in [1.29, 1.82) is 0 Å². The standard InChI is InChI=1S/C36H54N2O4/c1-2-3-4-5-6-7-8-10-13-16-19-27-37-32-26-25-31-34-29(32)22-21-23-30(34)35(41)38(36(31)42)28-20-17-14-11-9-12-15-18-24-33(39)40/h21-23,25-26,37H,2-20,24,27-28H2,1H3,(H,39,40). The molecule has 0 unspecified atom stereocenters. The first kappa shape index (κ1) is 33.6. The Kier molecular flexibility index (Phi) is 15.5. The molecule has 3 rings (SSSR count). The van der Waals surface area contributed by atoms with Crippen molar-refractivity contribution in [3.8, 4) is 0 Å². The molecule has 1 aliphatic rings. The Balaban J connectivity index is 1.39. The van der Waals surface area contributed by atoms with E-state index in [4.69, 9.17) is 5.11 Å². The molecule has 2 amide bonds. The highest BCUT2D eigenvalue weighted by molar-refractivity contribution is 6.26. The van der Waals surface area contributed by atoms with Gasteiger partial charge in [0.15, 0.2) is 0 Å². The predicted octanol–water partition coefficient (Wildman–Crippen LogP) is 9.75. The molecule has 2 aromatic rings. The van der Waals surface area contributed by atoms with Gasteiger partial charge in [-0.15, -0.1) is 0 Å². The molecule has 0 saturated carbocycles. The Morgan fingerprint density at radius 3 is 1.79 bits per heavy atom. The van der Waals surface area contributed by atoms with E-state index < -0.39 is 5.97 Å². The quantitative estimate of drug-likeness (QED) is 0.0956. The number of carboxylic acid groups (broad SMARTS) is 1. The van der Waals surface area contributed by atoms with Gasteiger partial charge >= 0.3 is 5.97 Å². The molecule has 0 bridgehead atoms. The van der Waals surface area contributed by atoms with Crippen molar-refractivity contribution in [3.05, 3.63) is 41.5 Å². The van der Waals surface area contributed by atoms with Gasteiger partial charge in [0.25, 0.3) is 11.8 Å². The second-order valence-electron chi connectivity index (χ2n) is 12.1. The van der Waals surface area contributed by atoms with E-state index >= 15 is 0 Å². The largest absolute Gasteiger partial charge is 0.481 e. The van der Waals surface area contributed by atoms with E-state index in [1.165, 1.54) is 69.1 Å². The lowest BCUT2D eigenvalue weighted by Crippen LogP contribution is -2.40. The van der Waals surface area contributed by atoms with Gasteiger partial charge in [-0.2, -0.15) is 0 Å². The van der Waals surface area contributed by atoms with Crippen molar-refractivity contribution >= 4 is 34.2 Å². The van der Waals surface area contributed by atoms with Crippen LogP contribution in [0.25, 0.3) is 10.8 Å². The van der Waals surface area contributed by atoms with E-state index in [0.717, 1.165) is 80.8 Å². The minimum Gasteiger partial charge on any atom is -0.481 e. The van der Waals surface area contributed by atoms with Crippen molar-refractivity contribution in [2.45, 2.75) is 135 Å². The molecule has 6 nitrogen and oxygen atoms in total. The van der Waals surface area contributed by atoms with Crippen molar-refractivity contribution in [3.63, 3.8) is 0 Å². The molecular weight excluding hydrogens is 524 g/mol. The number of imide groups is 1. The highest BCUT2D eigenvalue weighted by Crippen LogP contribution is 2.34. The van der Waals surface area contributed by atoms with Gasteiger partial charge in [-0.3, -0.25) is 19.3 Å². The second-order valence-corrected chi connectivity index (χ2v) is 12.1. The minimum absolute atomic E-state index is 0.181. The fraction of sp³-hybridized carbons (Fsp3) is 0.639. The zero-order valence-corrected chi connectivity index (χ0v) is 26.1. The Labute approximate surface area is 253 Å². The lowest BCUT2D eigenvalue weighted by Gasteiger charge is -2.28. The smallest absolute Gasteiger partial charge is 0.303 e. The van der Waals surface area contributed by atoms with Gasteiger partial charge in [0.2, 0.25) is 0 Å². The summed E-state index contributed by atoms with van der Waals surface area (Å²) in [7, 11) is 0.